The van der Waals surface area contributed by atoms with E-state index in [9.17, 15) is 26.4 Å². The Morgan fingerprint density at radius 1 is 1.06 bits per heavy atom. The van der Waals surface area contributed by atoms with Gasteiger partial charge in [0.05, 0.1) is 22.7 Å². The van der Waals surface area contributed by atoms with Crippen molar-refractivity contribution in [3.8, 4) is 0 Å². The second kappa shape index (κ2) is 10.5. The number of rotatable bonds is 9. The Morgan fingerprint density at radius 2 is 1.82 bits per heavy atom. The Hall–Kier alpha value is -3.66. The smallest absolute Gasteiger partial charge is 0.352 e. The number of hydrogen-bond acceptors (Lipinski definition) is 4. The topological polar surface area (TPSA) is 79.4 Å². The normalized spacial score (nSPS) is 11.6. The van der Waals surface area contributed by atoms with Crippen molar-refractivity contribution in [2.45, 2.75) is 17.5 Å². The van der Waals surface area contributed by atoms with Gasteiger partial charge in [-0.2, -0.15) is 13.2 Å². The number of nitrogens with one attached hydrogen (secondary N) is 1. The number of halogens is 3. The molecule has 0 unspecified atom stereocenters. The molecule has 0 radical (unpaired) electrons. The summed E-state index contributed by atoms with van der Waals surface area (Å²) in [6.45, 7) is 3.54. The number of amides is 1. The maximum atomic E-state index is 13.3. The fourth-order valence-corrected chi connectivity index (χ4v) is 4.65. The van der Waals surface area contributed by atoms with Crippen LogP contribution in [0.5, 0.6) is 0 Å². The number of alkyl halides is 3. The van der Waals surface area contributed by atoms with Gasteiger partial charge in [-0.25, -0.2) is 8.42 Å². The molecule has 0 saturated carbocycles. The number of carbonyl (C=O) groups is 1. The quantitative estimate of drug-likeness (QED) is 0.451. The second-order valence-electron chi connectivity index (χ2n) is 7.23. The number of hydrogen-bond donors (Lipinski definition) is 1. The van der Waals surface area contributed by atoms with Gasteiger partial charge in [0, 0.05) is 30.4 Å². The summed E-state index contributed by atoms with van der Waals surface area (Å²) in [5, 5.41) is 2.71. The first-order valence-corrected chi connectivity index (χ1v) is 11.7. The van der Waals surface area contributed by atoms with Crippen molar-refractivity contribution < 1.29 is 26.4 Å². The molecule has 0 atom stereocenters. The SMILES string of the molecule is C=CCN(c1cccc(C(F)(F)F)c1)S(=O)(=O)c1cccc(C(=O)NCCc2ccccn2)c1. The average molecular weight is 490 g/mol. The first-order chi connectivity index (χ1) is 16.1. The zero-order chi connectivity index (χ0) is 24.8. The van der Waals surface area contributed by atoms with Crippen LogP contribution in [0.1, 0.15) is 21.6 Å². The van der Waals surface area contributed by atoms with E-state index in [1.54, 1.807) is 12.3 Å². The minimum absolute atomic E-state index is 0.102. The molecule has 2 aromatic carbocycles. The van der Waals surface area contributed by atoms with E-state index in [1.807, 2.05) is 12.1 Å². The van der Waals surface area contributed by atoms with Gasteiger partial charge < -0.3 is 5.32 Å². The van der Waals surface area contributed by atoms with Crippen molar-refractivity contribution in [3.63, 3.8) is 0 Å². The van der Waals surface area contributed by atoms with Gasteiger partial charge in [0.2, 0.25) is 0 Å². The molecule has 1 amide bonds. The summed E-state index contributed by atoms with van der Waals surface area (Å²) in [6, 6.07) is 14.8. The first kappa shape index (κ1) is 25.0. The highest BCUT2D eigenvalue weighted by atomic mass is 32.2. The highest BCUT2D eigenvalue weighted by molar-refractivity contribution is 7.92. The number of aromatic nitrogens is 1. The third-order valence-corrected chi connectivity index (χ3v) is 6.62. The zero-order valence-electron chi connectivity index (χ0n) is 18.0. The highest BCUT2D eigenvalue weighted by Gasteiger charge is 2.32. The summed E-state index contributed by atoms with van der Waals surface area (Å²) < 4.78 is 66.9. The molecular formula is C24H22F3N3O3S. The Morgan fingerprint density at radius 3 is 2.50 bits per heavy atom. The highest BCUT2D eigenvalue weighted by Crippen LogP contribution is 2.33. The number of benzene rings is 2. The molecular weight excluding hydrogens is 467 g/mol. The maximum Gasteiger partial charge on any atom is 0.416 e. The molecule has 0 spiro atoms. The van der Waals surface area contributed by atoms with Crippen LogP contribution < -0.4 is 9.62 Å². The van der Waals surface area contributed by atoms with Gasteiger partial charge >= 0.3 is 6.18 Å². The monoisotopic (exact) mass is 489 g/mol. The Kier molecular flexibility index (Phi) is 7.72. The van der Waals surface area contributed by atoms with Crippen LogP contribution >= 0.6 is 0 Å². The molecule has 0 bridgehead atoms. The standard InChI is InChI=1S/C24H22F3N3O3S/c1-2-15-30(21-10-6-8-19(17-21)24(25,26)27)34(32,33)22-11-5-7-18(16-22)23(31)29-14-12-20-9-3-4-13-28-20/h2-11,13,16-17H,1,12,14-15H2,(H,29,31). The fourth-order valence-electron chi connectivity index (χ4n) is 3.17. The molecule has 10 heteroatoms. The number of pyridine rings is 1. The van der Waals surface area contributed by atoms with E-state index < -0.39 is 27.7 Å². The Labute approximate surface area is 195 Å². The van der Waals surface area contributed by atoms with E-state index in [0.29, 0.717) is 13.0 Å². The van der Waals surface area contributed by atoms with Gasteiger partial charge in [0.25, 0.3) is 15.9 Å². The van der Waals surface area contributed by atoms with Gasteiger partial charge in [-0.15, -0.1) is 6.58 Å². The van der Waals surface area contributed by atoms with E-state index in [2.05, 4.69) is 16.9 Å². The molecule has 1 heterocycles. The molecule has 3 rings (SSSR count). The molecule has 0 fully saturated rings. The second-order valence-corrected chi connectivity index (χ2v) is 9.09. The van der Waals surface area contributed by atoms with Gasteiger partial charge in [-0.3, -0.25) is 14.1 Å². The van der Waals surface area contributed by atoms with Crippen molar-refractivity contribution in [3.05, 3.63) is 102 Å². The summed E-state index contributed by atoms with van der Waals surface area (Å²) in [5.74, 6) is -0.484. The molecule has 1 aromatic heterocycles. The first-order valence-electron chi connectivity index (χ1n) is 10.2. The van der Waals surface area contributed by atoms with Crippen molar-refractivity contribution >= 4 is 21.6 Å². The summed E-state index contributed by atoms with van der Waals surface area (Å²) in [7, 11) is -4.29. The molecule has 6 nitrogen and oxygen atoms in total. The minimum Gasteiger partial charge on any atom is -0.352 e. The Bertz CT molecular complexity index is 1260. The van der Waals surface area contributed by atoms with Gasteiger partial charge in [0.15, 0.2) is 0 Å². The molecule has 0 saturated heterocycles. The van der Waals surface area contributed by atoms with Crippen LogP contribution in [0.15, 0.2) is 90.5 Å². The summed E-state index contributed by atoms with van der Waals surface area (Å²) in [4.78, 5) is 16.5. The van der Waals surface area contributed by atoms with Crippen LogP contribution in [0.4, 0.5) is 18.9 Å². The average Bonchev–Trinajstić information content (AvgIpc) is 2.82. The Balaban J connectivity index is 1.84. The third-order valence-electron chi connectivity index (χ3n) is 4.83. The molecule has 0 aliphatic rings. The largest absolute Gasteiger partial charge is 0.416 e. The summed E-state index contributed by atoms with van der Waals surface area (Å²) >= 11 is 0. The lowest BCUT2D eigenvalue weighted by molar-refractivity contribution is -0.137. The van der Waals surface area contributed by atoms with Crippen LogP contribution in [0, 0.1) is 0 Å². The fraction of sp³-hybridized carbons (Fsp3) is 0.167. The lowest BCUT2D eigenvalue weighted by Crippen LogP contribution is -2.32. The summed E-state index contributed by atoms with van der Waals surface area (Å²) in [6.07, 6.45) is -1.23. The number of anilines is 1. The van der Waals surface area contributed by atoms with Crippen molar-refractivity contribution in [1.82, 2.24) is 10.3 Å². The minimum atomic E-state index is -4.63. The number of nitrogens with zero attached hydrogens (tertiary/aromatic N) is 2. The van der Waals surface area contributed by atoms with Crippen LogP contribution in [-0.2, 0) is 22.6 Å². The van der Waals surface area contributed by atoms with Crippen molar-refractivity contribution in [2.75, 3.05) is 17.4 Å². The van der Waals surface area contributed by atoms with E-state index in [4.69, 9.17) is 0 Å². The van der Waals surface area contributed by atoms with Crippen LogP contribution in [0.2, 0.25) is 0 Å². The van der Waals surface area contributed by atoms with E-state index in [-0.39, 0.29) is 22.7 Å². The van der Waals surface area contributed by atoms with Gasteiger partial charge in [-0.1, -0.05) is 24.3 Å². The maximum absolute atomic E-state index is 13.3. The van der Waals surface area contributed by atoms with Crippen LogP contribution in [0.25, 0.3) is 0 Å². The third kappa shape index (κ3) is 6.02. The molecule has 0 aliphatic heterocycles. The number of carbonyl (C=O) groups excluding carboxylic acids is 1. The number of sulfonamides is 1. The molecule has 1 N–H and O–H groups in total. The molecule has 178 valence electrons. The van der Waals surface area contributed by atoms with Crippen molar-refractivity contribution in [2.24, 2.45) is 0 Å². The molecule has 0 aliphatic carbocycles. The van der Waals surface area contributed by atoms with Gasteiger partial charge in [0.1, 0.15) is 0 Å². The predicted octanol–water partition coefficient (Wildman–Crippen LogP) is 4.45. The van der Waals surface area contributed by atoms with Gasteiger partial charge in [-0.05, 0) is 48.5 Å². The lowest BCUT2D eigenvalue weighted by Gasteiger charge is -2.24. The lowest BCUT2D eigenvalue weighted by atomic mass is 10.2. The van der Waals surface area contributed by atoms with E-state index in [1.165, 1.54) is 36.4 Å². The zero-order valence-corrected chi connectivity index (χ0v) is 18.8. The predicted molar refractivity (Wildman–Crippen MR) is 123 cm³/mol. The molecule has 34 heavy (non-hydrogen) atoms. The van der Waals surface area contributed by atoms with E-state index in [0.717, 1.165) is 28.2 Å². The molecule has 3 aromatic rings. The van der Waals surface area contributed by atoms with E-state index >= 15 is 0 Å². The van der Waals surface area contributed by atoms with Crippen LogP contribution in [-0.4, -0.2) is 32.4 Å². The van der Waals surface area contributed by atoms with Crippen molar-refractivity contribution in [1.29, 1.82) is 0 Å². The van der Waals surface area contributed by atoms with Crippen LogP contribution in [0.3, 0.4) is 0 Å². The summed E-state index contributed by atoms with van der Waals surface area (Å²) in [5.41, 5.74) is -0.250.